The molecule has 2 amide bonds. The molecule has 28 heavy (non-hydrogen) atoms. The molecule has 7 nitrogen and oxygen atoms in total. The van der Waals surface area contributed by atoms with Crippen molar-refractivity contribution < 1.29 is 23.8 Å². The number of hydrogen-bond acceptors (Lipinski definition) is 5. The van der Waals surface area contributed by atoms with Crippen molar-refractivity contribution in [3.8, 4) is 17.2 Å². The van der Waals surface area contributed by atoms with Gasteiger partial charge < -0.3 is 24.8 Å². The van der Waals surface area contributed by atoms with Gasteiger partial charge in [-0.3, -0.25) is 9.59 Å². The summed E-state index contributed by atoms with van der Waals surface area (Å²) in [5.41, 5.74) is 1.14. The van der Waals surface area contributed by atoms with E-state index in [2.05, 4.69) is 17.6 Å². The van der Waals surface area contributed by atoms with Crippen molar-refractivity contribution in [3.05, 3.63) is 47.5 Å². The molecule has 0 spiro atoms. The number of nitrogens with one attached hydrogen (secondary N) is 2. The first-order valence-electron chi connectivity index (χ1n) is 9.04. The number of hydrogen-bond donors (Lipinski definition) is 2. The molecule has 150 valence electrons. The Balaban J connectivity index is 2.27. The van der Waals surface area contributed by atoms with Crippen LogP contribution in [0.2, 0.25) is 0 Å². The Morgan fingerprint density at radius 3 is 2.14 bits per heavy atom. The van der Waals surface area contributed by atoms with E-state index < -0.39 is 5.91 Å². The van der Waals surface area contributed by atoms with Crippen molar-refractivity contribution in [2.75, 3.05) is 33.2 Å². The van der Waals surface area contributed by atoms with Gasteiger partial charge in [0.2, 0.25) is 5.75 Å². The Kier molecular flexibility index (Phi) is 7.68. The van der Waals surface area contributed by atoms with Crippen LogP contribution in [0.4, 0.5) is 5.69 Å². The SMILES string of the molecule is CCCCNC(=O)c1ccccc1NC(=O)c1cc(OC)c(OC)c(OC)c1. The van der Waals surface area contributed by atoms with E-state index in [1.807, 2.05) is 0 Å². The average Bonchev–Trinajstić information content (AvgIpc) is 2.72. The third-order valence-corrected chi connectivity index (χ3v) is 4.16. The van der Waals surface area contributed by atoms with E-state index >= 15 is 0 Å². The fourth-order valence-corrected chi connectivity index (χ4v) is 2.67. The zero-order valence-corrected chi connectivity index (χ0v) is 16.6. The summed E-state index contributed by atoms with van der Waals surface area (Å²) in [7, 11) is 4.46. The molecule has 2 aromatic carbocycles. The maximum atomic E-state index is 12.8. The van der Waals surface area contributed by atoms with Gasteiger partial charge in [-0.15, -0.1) is 0 Å². The number of unbranched alkanes of at least 4 members (excludes halogenated alkanes) is 1. The molecular formula is C21H26N2O5. The minimum Gasteiger partial charge on any atom is -0.493 e. The second kappa shape index (κ2) is 10.2. The van der Waals surface area contributed by atoms with Crippen LogP contribution in [0.25, 0.3) is 0 Å². The molecule has 0 unspecified atom stereocenters. The van der Waals surface area contributed by atoms with E-state index in [9.17, 15) is 9.59 Å². The monoisotopic (exact) mass is 386 g/mol. The van der Waals surface area contributed by atoms with Gasteiger partial charge in [0.05, 0.1) is 32.6 Å². The van der Waals surface area contributed by atoms with Crippen LogP contribution in [-0.2, 0) is 0 Å². The molecule has 0 heterocycles. The van der Waals surface area contributed by atoms with E-state index in [0.717, 1.165) is 12.8 Å². The molecule has 0 aliphatic heterocycles. The number of ether oxygens (including phenoxy) is 3. The highest BCUT2D eigenvalue weighted by Gasteiger charge is 2.19. The molecule has 0 atom stereocenters. The highest BCUT2D eigenvalue weighted by atomic mass is 16.5. The van der Waals surface area contributed by atoms with Crippen LogP contribution in [0.5, 0.6) is 17.2 Å². The van der Waals surface area contributed by atoms with E-state index in [-0.39, 0.29) is 5.91 Å². The predicted octanol–water partition coefficient (Wildman–Crippen LogP) is 3.49. The van der Waals surface area contributed by atoms with Crippen LogP contribution in [0, 0.1) is 0 Å². The second-order valence-corrected chi connectivity index (χ2v) is 6.02. The standard InChI is InChI=1S/C21H26N2O5/c1-5-6-11-22-21(25)15-9-7-8-10-16(15)23-20(24)14-12-17(26-2)19(28-4)18(13-14)27-3/h7-10,12-13H,5-6,11H2,1-4H3,(H,22,25)(H,23,24). The second-order valence-electron chi connectivity index (χ2n) is 6.02. The van der Waals surface area contributed by atoms with Gasteiger partial charge in [0.1, 0.15) is 0 Å². The summed E-state index contributed by atoms with van der Waals surface area (Å²) >= 11 is 0. The maximum absolute atomic E-state index is 12.8. The van der Waals surface area contributed by atoms with Gasteiger partial charge in [0, 0.05) is 12.1 Å². The lowest BCUT2D eigenvalue weighted by atomic mass is 10.1. The summed E-state index contributed by atoms with van der Waals surface area (Å²) < 4.78 is 15.8. The van der Waals surface area contributed by atoms with Crippen molar-refractivity contribution >= 4 is 17.5 Å². The summed E-state index contributed by atoms with van der Waals surface area (Å²) in [5.74, 6) is 0.523. The zero-order chi connectivity index (χ0) is 20.5. The molecule has 0 radical (unpaired) electrons. The number of amides is 2. The number of methoxy groups -OCH3 is 3. The highest BCUT2D eigenvalue weighted by molar-refractivity contribution is 6.09. The van der Waals surface area contributed by atoms with Crippen molar-refractivity contribution in [2.45, 2.75) is 19.8 Å². The Morgan fingerprint density at radius 1 is 0.929 bits per heavy atom. The molecule has 7 heteroatoms. The van der Waals surface area contributed by atoms with Crippen LogP contribution in [0.3, 0.4) is 0 Å². The first-order chi connectivity index (χ1) is 13.5. The van der Waals surface area contributed by atoms with E-state index in [4.69, 9.17) is 14.2 Å². The Labute approximate surface area is 165 Å². The number of anilines is 1. The third-order valence-electron chi connectivity index (χ3n) is 4.16. The summed E-state index contributed by atoms with van der Waals surface area (Å²) in [5, 5.41) is 5.64. The number of benzene rings is 2. The molecule has 2 N–H and O–H groups in total. The molecule has 0 fully saturated rings. The molecule has 2 aromatic rings. The summed E-state index contributed by atoms with van der Waals surface area (Å²) in [6.07, 6.45) is 1.88. The molecule has 2 rings (SSSR count). The minimum atomic E-state index is -0.395. The molecule has 0 aliphatic carbocycles. The first-order valence-corrected chi connectivity index (χ1v) is 9.04. The number of para-hydroxylation sites is 1. The molecule has 0 aliphatic rings. The van der Waals surface area contributed by atoms with E-state index in [1.165, 1.54) is 21.3 Å². The minimum absolute atomic E-state index is 0.228. The van der Waals surface area contributed by atoms with Gasteiger partial charge in [-0.05, 0) is 30.7 Å². The quantitative estimate of drug-likeness (QED) is 0.644. The van der Waals surface area contributed by atoms with E-state index in [0.29, 0.717) is 40.6 Å². The van der Waals surface area contributed by atoms with Crippen molar-refractivity contribution in [3.63, 3.8) is 0 Å². The van der Waals surface area contributed by atoms with Gasteiger partial charge in [0.25, 0.3) is 11.8 Å². The average molecular weight is 386 g/mol. The Morgan fingerprint density at radius 2 is 1.57 bits per heavy atom. The molecule has 0 saturated carbocycles. The van der Waals surface area contributed by atoms with Crippen LogP contribution in [0.1, 0.15) is 40.5 Å². The van der Waals surface area contributed by atoms with Crippen LogP contribution in [-0.4, -0.2) is 39.7 Å². The van der Waals surface area contributed by atoms with Crippen LogP contribution >= 0.6 is 0 Å². The van der Waals surface area contributed by atoms with Crippen molar-refractivity contribution in [1.29, 1.82) is 0 Å². The fourth-order valence-electron chi connectivity index (χ4n) is 2.67. The number of rotatable bonds is 9. The zero-order valence-electron chi connectivity index (χ0n) is 16.6. The van der Waals surface area contributed by atoms with Crippen molar-refractivity contribution in [2.24, 2.45) is 0 Å². The topological polar surface area (TPSA) is 85.9 Å². The molecule has 0 aromatic heterocycles. The lowest BCUT2D eigenvalue weighted by Crippen LogP contribution is -2.26. The van der Waals surface area contributed by atoms with E-state index in [1.54, 1.807) is 36.4 Å². The molecule has 0 saturated heterocycles. The summed E-state index contributed by atoms with van der Waals surface area (Å²) in [4.78, 5) is 25.2. The normalized spacial score (nSPS) is 10.1. The van der Waals surface area contributed by atoms with Gasteiger partial charge >= 0.3 is 0 Å². The summed E-state index contributed by atoms with van der Waals surface area (Å²) in [6.45, 7) is 2.64. The fraction of sp³-hybridized carbons (Fsp3) is 0.333. The molecule has 0 bridgehead atoms. The van der Waals surface area contributed by atoms with Gasteiger partial charge in [-0.2, -0.15) is 0 Å². The largest absolute Gasteiger partial charge is 0.493 e. The van der Waals surface area contributed by atoms with Gasteiger partial charge in [-0.25, -0.2) is 0 Å². The van der Waals surface area contributed by atoms with Gasteiger partial charge in [-0.1, -0.05) is 25.5 Å². The molecular weight excluding hydrogens is 360 g/mol. The maximum Gasteiger partial charge on any atom is 0.255 e. The van der Waals surface area contributed by atoms with Gasteiger partial charge in [0.15, 0.2) is 11.5 Å². The number of carbonyl (C=O) groups excluding carboxylic acids is 2. The lowest BCUT2D eigenvalue weighted by Gasteiger charge is -2.15. The third kappa shape index (κ3) is 4.94. The number of carbonyl (C=O) groups is 2. The smallest absolute Gasteiger partial charge is 0.255 e. The van der Waals surface area contributed by atoms with Crippen molar-refractivity contribution in [1.82, 2.24) is 5.32 Å². The first kappa shape index (κ1) is 21.1. The van der Waals surface area contributed by atoms with Crippen LogP contribution in [0.15, 0.2) is 36.4 Å². The Bertz CT molecular complexity index is 810. The van der Waals surface area contributed by atoms with Crippen LogP contribution < -0.4 is 24.8 Å². The predicted molar refractivity (Wildman–Crippen MR) is 108 cm³/mol. The summed E-state index contributed by atoms with van der Waals surface area (Å²) in [6, 6.07) is 9.98. The highest BCUT2D eigenvalue weighted by Crippen LogP contribution is 2.38. The lowest BCUT2D eigenvalue weighted by molar-refractivity contribution is 0.0954. The Hall–Kier alpha value is -3.22.